The highest BCUT2D eigenvalue weighted by atomic mass is 35.7. The zero-order valence-electron chi connectivity index (χ0n) is 8.18. The van der Waals surface area contributed by atoms with Crippen LogP contribution < -0.4 is 0 Å². The lowest BCUT2D eigenvalue weighted by Gasteiger charge is -1.94. The second kappa shape index (κ2) is 3.21. The van der Waals surface area contributed by atoms with Gasteiger partial charge in [-0.1, -0.05) is 6.07 Å². The van der Waals surface area contributed by atoms with Crippen molar-refractivity contribution in [3.8, 4) is 0 Å². The van der Waals surface area contributed by atoms with E-state index in [9.17, 15) is 8.42 Å². The number of nitrogens with zero attached hydrogens (tertiary/aromatic N) is 1. The van der Waals surface area contributed by atoms with Crippen LogP contribution in [0, 0.1) is 0 Å². The Balaban J connectivity index is 2.29. The Labute approximate surface area is 96.6 Å². The molecule has 1 aliphatic rings. The summed E-state index contributed by atoms with van der Waals surface area (Å²) in [7, 11) is 1.54. The molecule has 2 aromatic rings. The van der Waals surface area contributed by atoms with E-state index in [0.29, 0.717) is 17.3 Å². The van der Waals surface area contributed by atoms with Gasteiger partial charge in [0.05, 0.1) is 0 Å². The molecule has 84 valence electrons. The van der Waals surface area contributed by atoms with Crippen molar-refractivity contribution in [3.05, 3.63) is 24.1 Å². The smallest absolute Gasteiger partial charge is 0.265 e. The van der Waals surface area contributed by atoms with E-state index in [2.05, 4.69) is 4.98 Å². The Bertz CT molecular complexity index is 658. The van der Waals surface area contributed by atoms with Gasteiger partial charge in [-0.2, -0.15) is 0 Å². The normalized spacial score (nSPS) is 16.8. The molecule has 1 fully saturated rings. The highest BCUT2D eigenvalue weighted by molar-refractivity contribution is 8.13. The van der Waals surface area contributed by atoms with Crippen LogP contribution in [0.1, 0.15) is 24.7 Å². The SMILES string of the molecule is O=S(=O)(Cl)c1cccc2nc(C3CC3)oc12. The molecule has 1 aromatic carbocycles. The lowest BCUT2D eigenvalue weighted by molar-refractivity contribution is 0.526. The third-order valence-corrected chi connectivity index (χ3v) is 3.93. The van der Waals surface area contributed by atoms with E-state index in [-0.39, 0.29) is 10.5 Å². The number of rotatable bonds is 2. The van der Waals surface area contributed by atoms with Crippen LogP contribution in [0.25, 0.3) is 11.1 Å². The first-order valence-electron chi connectivity index (χ1n) is 4.90. The van der Waals surface area contributed by atoms with E-state index in [4.69, 9.17) is 15.1 Å². The standard InChI is InChI=1S/C10H8ClNO3S/c11-16(13,14)8-3-1-2-7-9(8)15-10(12-7)6-4-5-6/h1-3,6H,4-5H2. The fraction of sp³-hybridized carbons (Fsp3) is 0.300. The maximum atomic E-state index is 11.3. The first-order chi connectivity index (χ1) is 7.55. The summed E-state index contributed by atoms with van der Waals surface area (Å²) in [6.45, 7) is 0. The molecule has 0 radical (unpaired) electrons. The fourth-order valence-corrected chi connectivity index (χ4v) is 2.61. The van der Waals surface area contributed by atoms with E-state index in [1.165, 1.54) is 6.07 Å². The molecular formula is C10H8ClNO3S. The number of halogens is 1. The van der Waals surface area contributed by atoms with E-state index in [1.807, 2.05) is 0 Å². The van der Waals surface area contributed by atoms with Crippen LogP contribution in [0.5, 0.6) is 0 Å². The molecule has 1 aromatic heterocycles. The lowest BCUT2D eigenvalue weighted by atomic mass is 10.3. The van der Waals surface area contributed by atoms with E-state index < -0.39 is 9.05 Å². The number of hydrogen-bond acceptors (Lipinski definition) is 4. The van der Waals surface area contributed by atoms with Gasteiger partial charge in [-0.3, -0.25) is 0 Å². The minimum Gasteiger partial charge on any atom is -0.439 e. The molecule has 0 bridgehead atoms. The number of para-hydroxylation sites is 1. The summed E-state index contributed by atoms with van der Waals surface area (Å²) in [5.41, 5.74) is 0.808. The van der Waals surface area contributed by atoms with Gasteiger partial charge in [0.1, 0.15) is 10.4 Å². The molecule has 0 unspecified atom stereocenters. The van der Waals surface area contributed by atoms with Crippen molar-refractivity contribution in [2.45, 2.75) is 23.7 Å². The second-order valence-corrected chi connectivity index (χ2v) is 6.40. The Morgan fingerprint density at radius 2 is 2.12 bits per heavy atom. The van der Waals surface area contributed by atoms with Crippen LogP contribution in [-0.2, 0) is 9.05 Å². The molecule has 1 heterocycles. The van der Waals surface area contributed by atoms with Gasteiger partial charge in [0.25, 0.3) is 9.05 Å². The molecule has 0 atom stereocenters. The van der Waals surface area contributed by atoms with E-state index in [1.54, 1.807) is 12.1 Å². The third-order valence-electron chi connectivity index (χ3n) is 2.58. The van der Waals surface area contributed by atoms with Crippen molar-refractivity contribution >= 4 is 30.8 Å². The fourth-order valence-electron chi connectivity index (χ4n) is 1.64. The van der Waals surface area contributed by atoms with Gasteiger partial charge in [-0.05, 0) is 25.0 Å². The van der Waals surface area contributed by atoms with Gasteiger partial charge in [-0.15, -0.1) is 0 Å². The summed E-state index contributed by atoms with van der Waals surface area (Å²) < 4.78 is 28.1. The van der Waals surface area contributed by atoms with Gasteiger partial charge in [0, 0.05) is 16.6 Å². The van der Waals surface area contributed by atoms with Gasteiger partial charge >= 0.3 is 0 Å². The second-order valence-electron chi connectivity index (χ2n) is 3.87. The zero-order chi connectivity index (χ0) is 11.3. The van der Waals surface area contributed by atoms with E-state index in [0.717, 1.165) is 12.8 Å². The average Bonchev–Trinajstić information content (AvgIpc) is 2.95. The summed E-state index contributed by atoms with van der Waals surface area (Å²) >= 11 is 0. The highest BCUT2D eigenvalue weighted by Crippen LogP contribution is 2.41. The first kappa shape index (κ1) is 10.1. The minimum atomic E-state index is -3.78. The van der Waals surface area contributed by atoms with Gasteiger partial charge in [0.2, 0.25) is 0 Å². The van der Waals surface area contributed by atoms with E-state index >= 15 is 0 Å². The molecule has 0 amide bonds. The van der Waals surface area contributed by atoms with Crippen molar-refractivity contribution in [2.75, 3.05) is 0 Å². The quantitative estimate of drug-likeness (QED) is 0.776. The summed E-state index contributed by atoms with van der Waals surface area (Å²) in [4.78, 5) is 4.25. The molecule has 1 saturated carbocycles. The Kier molecular flexibility index (Phi) is 2.03. The number of hydrogen-bond donors (Lipinski definition) is 0. The number of aromatic nitrogens is 1. The molecule has 16 heavy (non-hydrogen) atoms. The van der Waals surface area contributed by atoms with Gasteiger partial charge < -0.3 is 4.42 Å². The predicted molar refractivity (Wildman–Crippen MR) is 59.0 cm³/mol. The first-order valence-corrected chi connectivity index (χ1v) is 7.21. The molecule has 4 nitrogen and oxygen atoms in total. The molecular weight excluding hydrogens is 250 g/mol. The van der Waals surface area contributed by atoms with Crippen molar-refractivity contribution < 1.29 is 12.8 Å². The molecule has 3 rings (SSSR count). The van der Waals surface area contributed by atoms with Crippen molar-refractivity contribution in [1.29, 1.82) is 0 Å². The highest BCUT2D eigenvalue weighted by Gasteiger charge is 2.30. The largest absolute Gasteiger partial charge is 0.439 e. The summed E-state index contributed by atoms with van der Waals surface area (Å²) in [5.74, 6) is 0.959. The van der Waals surface area contributed by atoms with Crippen LogP contribution in [0.15, 0.2) is 27.5 Å². The van der Waals surface area contributed by atoms with Gasteiger partial charge in [0.15, 0.2) is 11.5 Å². The molecule has 6 heteroatoms. The van der Waals surface area contributed by atoms with Crippen LogP contribution in [-0.4, -0.2) is 13.4 Å². The van der Waals surface area contributed by atoms with Crippen molar-refractivity contribution in [1.82, 2.24) is 4.98 Å². The molecule has 0 aliphatic heterocycles. The van der Waals surface area contributed by atoms with Crippen LogP contribution in [0.3, 0.4) is 0 Å². The summed E-state index contributed by atoms with van der Waals surface area (Å²) in [6.07, 6.45) is 2.10. The Morgan fingerprint density at radius 3 is 2.75 bits per heavy atom. The maximum absolute atomic E-state index is 11.3. The lowest BCUT2D eigenvalue weighted by Crippen LogP contribution is -1.90. The maximum Gasteiger partial charge on any atom is 0.265 e. The van der Waals surface area contributed by atoms with Gasteiger partial charge in [-0.25, -0.2) is 13.4 Å². The van der Waals surface area contributed by atoms with Crippen LogP contribution in [0.2, 0.25) is 0 Å². The predicted octanol–water partition coefficient (Wildman–Crippen LogP) is 2.63. The zero-order valence-corrected chi connectivity index (χ0v) is 9.75. The van der Waals surface area contributed by atoms with Crippen molar-refractivity contribution in [3.63, 3.8) is 0 Å². The Hall–Kier alpha value is -1.07. The molecule has 1 aliphatic carbocycles. The summed E-state index contributed by atoms with van der Waals surface area (Å²) in [6, 6.07) is 4.75. The molecule has 0 spiro atoms. The number of oxazole rings is 1. The summed E-state index contributed by atoms with van der Waals surface area (Å²) in [5, 5.41) is 0. The topological polar surface area (TPSA) is 60.2 Å². The third kappa shape index (κ3) is 1.60. The minimum absolute atomic E-state index is 0.00827. The number of benzene rings is 1. The van der Waals surface area contributed by atoms with Crippen molar-refractivity contribution in [2.24, 2.45) is 0 Å². The molecule has 0 saturated heterocycles. The molecule has 0 N–H and O–H groups in total. The van der Waals surface area contributed by atoms with Crippen LogP contribution >= 0.6 is 10.7 Å². The average molecular weight is 258 g/mol. The van der Waals surface area contributed by atoms with Crippen LogP contribution in [0.4, 0.5) is 0 Å². The Morgan fingerprint density at radius 1 is 1.38 bits per heavy atom. The monoisotopic (exact) mass is 257 g/mol. The number of fused-ring (bicyclic) bond motifs is 1.